The molecular weight excluding hydrogens is 952 g/mol. The number of anilines is 2. The summed E-state index contributed by atoms with van der Waals surface area (Å²) < 4.78 is 13.8. The lowest BCUT2D eigenvalue weighted by Crippen LogP contribution is -2.38. The Labute approximate surface area is 420 Å². The third-order valence-corrected chi connectivity index (χ3v) is 13.8. The third kappa shape index (κ3) is 11.1. The first-order chi connectivity index (χ1) is 34.2. The molecule has 4 fully saturated rings. The normalized spacial score (nSPS) is 22.0. The Morgan fingerprint density at radius 1 is 0.718 bits per heavy atom. The highest BCUT2D eigenvalue weighted by Gasteiger charge is 2.36. The van der Waals surface area contributed by atoms with Gasteiger partial charge in [-0.3, -0.25) is 4.79 Å². The van der Waals surface area contributed by atoms with E-state index in [4.69, 9.17) is 58.1 Å². The summed E-state index contributed by atoms with van der Waals surface area (Å²) in [6.07, 6.45) is 8.85. The number of aliphatic hydroxyl groups excluding tert-OH is 2. The van der Waals surface area contributed by atoms with E-state index < -0.39 is 24.1 Å². The van der Waals surface area contributed by atoms with Gasteiger partial charge in [-0.15, -0.1) is 0 Å². The number of aliphatic hydroxyl groups is 2. The molecule has 4 N–H and O–H groups in total. The van der Waals surface area contributed by atoms with Crippen LogP contribution in [0.5, 0.6) is 11.5 Å². The van der Waals surface area contributed by atoms with Gasteiger partial charge in [-0.05, 0) is 88.9 Å². The van der Waals surface area contributed by atoms with Crippen molar-refractivity contribution in [2.24, 2.45) is 11.8 Å². The molecule has 0 radical (unpaired) electrons. The Bertz CT molecular complexity index is 3000. The number of methoxy groups -OCH3 is 2. The number of nitrogens with one attached hydrogen (secondary N) is 1. The molecule has 2 unspecified atom stereocenters. The Balaban J connectivity index is 0.000000161. The smallest absolute Gasteiger partial charge is 0.339 e. The number of nitrogens with zero attached hydrogens (tertiary/aromatic N) is 11. The first kappa shape index (κ1) is 50.6. The van der Waals surface area contributed by atoms with Crippen LogP contribution in [0.15, 0.2) is 60.9 Å². The molecule has 0 spiro atoms. The monoisotopic (exact) mass is 1010 g/mol. The molecular formula is C50H56Cl2N12O7. The molecule has 0 aliphatic carbocycles. The number of carboxylic acids is 1. The Hall–Kier alpha value is -6.74. The van der Waals surface area contributed by atoms with Crippen molar-refractivity contribution in [3.63, 3.8) is 0 Å². The van der Waals surface area contributed by atoms with Gasteiger partial charge in [-0.25, -0.2) is 23.8 Å². The SMILES string of the molecule is COc1ccc(Cl)cc1C(=O)N1CCCCC1c1cc2nc(N3C[C@@H](C#N)[C@@H](O)C3)c(C)cn2n1.COc1ccc(Cl)cc1C(=O)O.Cc1cn2nc(C3CCCCN3)cc2nc1N1C[C@@H](C#N)[C@@H](O)C1. The van der Waals surface area contributed by atoms with Crippen molar-refractivity contribution >= 4 is 58.0 Å². The number of aromatic nitrogens is 6. The number of amides is 1. The van der Waals surface area contributed by atoms with Crippen LogP contribution in [0.2, 0.25) is 10.0 Å². The Morgan fingerprint density at radius 3 is 1.75 bits per heavy atom. The summed E-state index contributed by atoms with van der Waals surface area (Å²) in [5, 5.41) is 61.1. The predicted molar refractivity (Wildman–Crippen MR) is 265 cm³/mol. The first-order valence-corrected chi connectivity index (χ1v) is 24.3. The number of β-amino-alcohol motifs (C(OH)–C–C–N with tert-alkyl or cyclic N) is 2. The number of aromatic carboxylic acids is 1. The molecule has 71 heavy (non-hydrogen) atoms. The second kappa shape index (κ2) is 22.1. The summed E-state index contributed by atoms with van der Waals surface area (Å²) in [4.78, 5) is 39.5. The lowest BCUT2D eigenvalue weighted by Gasteiger charge is -2.35. The number of carboxylic acid groups (broad SMARTS) is 1. The number of rotatable bonds is 8. The molecule has 372 valence electrons. The maximum Gasteiger partial charge on any atom is 0.339 e. The van der Waals surface area contributed by atoms with Crippen LogP contribution in [0.3, 0.4) is 0 Å². The predicted octanol–water partition coefficient (Wildman–Crippen LogP) is 6.61. The van der Waals surface area contributed by atoms with E-state index in [0.717, 1.165) is 72.0 Å². The second-order valence-corrected chi connectivity index (χ2v) is 19.0. The molecule has 1 amide bonds. The number of piperidine rings is 2. The zero-order chi connectivity index (χ0) is 50.5. The number of nitriles is 2. The van der Waals surface area contributed by atoms with Crippen LogP contribution in [0.4, 0.5) is 11.6 Å². The number of halogens is 2. The van der Waals surface area contributed by atoms with Gasteiger partial charge in [0.15, 0.2) is 11.3 Å². The largest absolute Gasteiger partial charge is 0.496 e. The van der Waals surface area contributed by atoms with Gasteiger partial charge in [-0.1, -0.05) is 29.6 Å². The van der Waals surface area contributed by atoms with Crippen LogP contribution in [-0.4, -0.2) is 127 Å². The minimum Gasteiger partial charge on any atom is -0.496 e. The van der Waals surface area contributed by atoms with Gasteiger partial charge in [0.05, 0.1) is 79.4 Å². The summed E-state index contributed by atoms with van der Waals surface area (Å²) >= 11 is 11.8. The molecule has 2 aromatic carbocycles. The van der Waals surface area contributed by atoms with Crippen LogP contribution in [0.1, 0.15) is 93.8 Å². The van der Waals surface area contributed by atoms with Crippen LogP contribution in [0, 0.1) is 48.3 Å². The summed E-state index contributed by atoms with van der Waals surface area (Å²) in [7, 11) is 2.95. The lowest BCUT2D eigenvalue weighted by molar-refractivity contribution is 0.0601. The first-order valence-electron chi connectivity index (χ1n) is 23.5. The summed E-state index contributed by atoms with van der Waals surface area (Å²) in [5.74, 6) is 0.408. The van der Waals surface area contributed by atoms with Crippen molar-refractivity contribution in [3.05, 3.63) is 105 Å². The van der Waals surface area contributed by atoms with E-state index in [9.17, 15) is 25.1 Å². The van der Waals surface area contributed by atoms with E-state index in [1.807, 2.05) is 57.6 Å². The lowest BCUT2D eigenvalue weighted by atomic mass is 9.98. The zero-order valence-electron chi connectivity index (χ0n) is 39.9. The van der Waals surface area contributed by atoms with Gasteiger partial charge in [0.2, 0.25) is 0 Å². The fourth-order valence-corrected chi connectivity index (χ4v) is 9.96. The summed E-state index contributed by atoms with van der Waals surface area (Å²) in [6.45, 7) is 7.37. The van der Waals surface area contributed by atoms with Crippen molar-refractivity contribution in [2.75, 3.05) is 63.3 Å². The van der Waals surface area contributed by atoms with Crippen molar-refractivity contribution < 1.29 is 34.4 Å². The number of hydrogen-bond donors (Lipinski definition) is 4. The standard InChI is InChI=1S/C25H27ClN6O3.C17H22N6O.C8H7ClO3/c1-15-12-32-23(28-24(15)30-13-16(11-27)21(33)14-30)10-19(29-32)20-5-3-4-8-31(20)25(34)18-9-17(26)6-7-22(18)35-2;1-11-8-23-16(6-14(21-23)13-4-2-3-5-19-13)20-17(11)22-9-12(7-18)15(24)10-22;1-12-7-3-2-5(9)4-6(7)8(10)11/h6-7,9-10,12,16,20-21,33H,3-5,8,13-14H2,1-2H3;6,8,12-13,15,19,24H,2-5,9-10H2,1H3;2-4H,1H3,(H,10,11)/t16-,20?,21+;12-,13?,15+;/m11./s1. The fourth-order valence-electron chi connectivity index (χ4n) is 9.62. The van der Waals surface area contributed by atoms with Crippen LogP contribution in [-0.2, 0) is 0 Å². The molecule has 4 aliphatic rings. The summed E-state index contributed by atoms with van der Waals surface area (Å²) in [6, 6.07) is 17.9. The van der Waals surface area contributed by atoms with E-state index in [-0.39, 0.29) is 23.4 Å². The van der Waals surface area contributed by atoms with Crippen molar-refractivity contribution in [2.45, 2.75) is 76.7 Å². The maximum atomic E-state index is 13.6. The minimum atomic E-state index is -1.05. The van der Waals surface area contributed by atoms with E-state index >= 15 is 0 Å². The zero-order valence-corrected chi connectivity index (χ0v) is 41.4. The number of ether oxygens (including phenoxy) is 2. The number of aryl methyl sites for hydroxylation is 2. The number of benzene rings is 2. The van der Waals surface area contributed by atoms with Gasteiger partial charge < -0.3 is 44.8 Å². The second-order valence-electron chi connectivity index (χ2n) is 18.2. The molecule has 0 bridgehead atoms. The van der Waals surface area contributed by atoms with Gasteiger partial charge in [0, 0.05) is 78.4 Å². The number of likely N-dealkylation sites (tertiary alicyclic amines) is 1. The number of carbonyl (C=O) groups is 2. The highest BCUT2D eigenvalue weighted by molar-refractivity contribution is 6.31. The van der Waals surface area contributed by atoms with Gasteiger partial charge >= 0.3 is 5.97 Å². The quantitative estimate of drug-likeness (QED) is 0.125. The highest BCUT2D eigenvalue weighted by Crippen LogP contribution is 2.36. The van der Waals surface area contributed by atoms with Gasteiger partial charge in [0.25, 0.3) is 5.91 Å². The topological polar surface area (TPSA) is 243 Å². The van der Waals surface area contributed by atoms with Gasteiger partial charge in [-0.2, -0.15) is 20.7 Å². The molecule has 8 heterocycles. The molecule has 4 aliphatic heterocycles. The third-order valence-electron chi connectivity index (χ3n) is 13.3. The molecule has 0 saturated carbocycles. The van der Waals surface area contributed by atoms with E-state index in [2.05, 4.69) is 22.6 Å². The average Bonchev–Trinajstić information content (AvgIpc) is 4.18. The molecule has 4 saturated heterocycles. The van der Waals surface area contributed by atoms with Crippen molar-refractivity contribution in [1.29, 1.82) is 10.5 Å². The molecule has 6 aromatic rings. The fraction of sp³-hybridized carbons (Fsp3) is 0.440. The van der Waals surface area contributed by atoms with Crippen LogP contribution >= 0.6 is 23.2 Å². The number of fused-ring (bicyclic) bond motifs is 2. The van der Waals surface area contributed by atoms with Gasteiger partial charge in [0.1, 0.15) is 28.7 Å². The molecule has 4 aromatic heterocycles. The Kier molecular flexibility index (Phi) is 15.8. The Morgan fingerprint density at radius 2 is 1.24 bits per heavy atom. The molecule has 19 nitrogen and oxygen atoms in total. The number of carbonyl (C=O) groups excluding carboxylic acids is 1. The summed E-state index contributed by atoms with van der Waals surface area (Å²) in [5.41, 5.74) is 5.70. The highest BCUT2D eigenvalue weighted by atomic mass is 35.5. The molecule has 6 atom stereocenters. The van der Waals surface area contributed by atoms with Crippen LogP contribution < -0.4 is 24.6 Å². The average molecular weight is 1010 g/mol. The maximum absolute atomic E-state index is 13.6. The van der Waals surface area contributed by atoms with Crippen molar-refractivity contribution in [1.82, 2.24) is 39.4 Å². The molecule has 10 rings (SSSR count). The van der Waals surface area contributed by atoms with E-state index in [1.54, 1.807) is 35.9 Å². The van der Waals surface area contributed by atoms with E-state index in [0.29, 0.717) is 71.5 Å². The molecule has 21 heteroatoms. The number of hydrogen-bond acceptors (Lipinski definition) is 15. The minimum absolute atomic E-state index is 0.0741. The van der Waals surface area contributed by atoms with Crippen LogP contribution in [0.25, 0.3) is 11.3 Å². The van der Waals surface area contributed by atoms with E-state index in [1.165, 1.54) is 32.1 Å². The van der Waals surface area contributed by atoms with Crippen molar-refractivity contribution in [3.8, 4) is 23.6 Å².